The van der Waals surface area contributed by atoms with E-state index in [0.29, 0.717) is 18.6 Å². The fraction of sp³-hybridized carbons (Fsp3) is 0.933. The van der Waals surface area contributed by atoms with Gasteiger partial charge < -0.3 is 15.7 Å². The minimum Gasteiger partial charge on any atom is -0.388 e. The highest BCUT2D eigenvalue weighted by Crippen LogP contribution is 2.26. The molecule has 3 unspecified atom stereocenters. The van der Waals surface area contributed by atoms with E-state index < -0.39 is 5.60 Å². The summed E-state index contributed by atoms with van der Waals surface area (Å²) in [6, 6.07) is 0.828. The normalized spacial score (nSPS) is 21.1. The van der Waals surface area contributed by atoms with Crippen LogP contribution in [0, 0.1) is 5.92 Å². The van der Waals surface area contributed by atoms with Crippen molar-refractivity contribution in [1.29, 1.82) is 0 Å². The van der Waals surface area contributed by atoms with Gasteiger partial charge in [-0.15, -0.1) is 0 Å². The summed E-state index contributed by atoms with van der Waals surface area (Å²) in [5, 5.41) is 15.9. The predicted octanol–water partition coefficient (Wildman–Crippen LogP) is 1.57. The zero-order valence-electron chi connectivity index (χ0n) is 13.6. The molecule has 0 aromatic carbocycles. The van der Waals surface area contributed by atoms with Crippen LogP contribution >= 0.6 is 0 Å². The van der Waals surface area contributed by atoms with E-state index in [0.717, 1.165) is 6.42 Å². The Morgan fingerprint density at radius 2 is 2.00 bits per heavy atom. The number of carbonyl (C=O) groups excluding carboxylic acids is 1. The molecule has 5 nitrogen and oxygen atoms in total. The number of rotatable bonds is 8. The lowest BCUT2D eigenvalue weighted by Crippen LogP contribution is -2.50. The van der Waals surface area contributed by atoms with Crippen molar-refractivity contribution in [2.75, 3.05) is 20.1 Å². The van der Waals surface area contributed by atoms with Gasteiger partial charge in [-0.3, -0.25) is 4.90 Å². The molecule has 0 bridgehead atoms. The molecule has 0 aliphatic heterocycles. The lowest BCUT2D eigenvalue weighted by Gasteiger charge is -2.30. The molecule has 1 saturated carbocycles. The van der Waals surface area contributed by atoms with E-state index in [1.807, 2.05) is 13.8 Å². The highest BCUT2D eigenvalue weighted by Gasteiger charge is 2.29. The molecule has 0 heterocycles. The zero-order valence-corrected chi connectivity index (χ0v) is 13.6. The van der Waals surface area contributed by atoms with Crippen LogP contribution in [0.3, 0.4) is 0 Å². The Hall–Kier alpha value is -0.810. The quantitative estimate of drug-likeness (QED) is 0.634. The Labute approximate surface area is 123 Å². The van der Waals surface area contributed by atoms with Crippen LogP contribution in [0.15, 0.2) is 0 Å². The predicted molar refractivity (Wildman–Crippen MR) is 81.7 cm³/mol. The fourth-order valence-corrected chi connectivity index (χ4v) is 2.16. The summed E-state index contributed by atoms with van der Waals surface area (Å²) in [5.74, 6) is 0.155. The van der Waals surface area contributed by atoms with E-state index in [1.165, 1.54) is 12.8 Å². The van der Waals surface area contributed by atoms with Crippen LogP contribution in [0.25, 0.3) is 0 Å². The second-order valence-corrected chi connectivity index (χ2v) is 6.48. The van der Waals surface area contributed by atoms with E-state index in [2.05, 4.69) is 29.5 Å². The Kier molecular flexibility index (Phi) is 6.27. The second-order valence-electron chi connectivity index (χ2n) is 6.48. The van der Waals surface area contributed by atoms with Crippen molar-refractivity contribution >= 4 is 6.03 Å². The van der Waals surface area contributed by atoms with Gasteiger partial charge in [0.1, 0.15) is 0 Å². The Balaban J connectivity index is 2.22. The highest BCUT2D eigenvalue weighted by molar-refractivity contribution is 5.73. The lowest BCUT2D eigenvalue weighted by molar-refractivity contribution is 0.00788. The van der Waals surface area contributed by atoms with Gasteiger partial charge >= 0.3 is 6.03 Å². The maximum atomic E-state index is 11.8. The molecule has 0 saturated heterocycles. The highest BCUT2D eigenvalue weighted by atomic mass is 16.3. The third kappa shape index (κ3) is 5.29. The first kappa shape index (κ1) is 17.2. The SMILES string of the molecule is CCC(C)C(C)(O)CNC(=O)NCC(C)N(C)C1CC1. The van der Waals surface area contributed by atoms with Crippen LogP contribution in [0.2, 0.25) is 0 Å². The van der Waals surface area contributed by atoms with Crippen LogP contribution in [0.4, 0.5) is 4.79 Å². The average Bonchev–Trinajstić information content (AvgIpc) is 3.25. The minimum atomic E-state index is -0.859. The third-order valence-corrected chi connectivity index (χ3v) is 4.66. The number of urea groups is 1. The molecule has 1 aliphatic carbocycles. The van der Waals surface area contributed by atoms with Crippen molar-refractivity contribution in [2.45, 2.75) is 64.6 Å². The molecule has 2 amide bonds. The molecule has 1 rings (SSSR count). The molecule has 20 heavy (non-hydrogen) atoms. The molecule has 0 radical (unpaired) electrons. The molecule has 3 atom stereocenters. The molecule has 118 valence electrons. The molecule has 0 aromatic rings. The Bertz CT molecular complexity index is 316. The largest absolute Gasteiger partial charge is 0.388 e. The van der Waals surface area contributed by atoms with Gasteiger partial charge in [-0.25, -0.2) is 4.79 Å². The van der Waals surface area contributed by atoms with Gasteiger partial charge in [0.2, 0.25) is 0 Å². The number of nitrogens with zero attached hydrogens (tertiary/aromatic N) is 1. The van der Waals surface area contributed by atoms with E-state index in [-0.39, 0.29) is 18.5 Å². The van der Waals surface area contributed by atoms with Crippen molar-refractivity contribution < 1.29 is 9.90 Å². The Morgan fingerprint density at radius 3 is 2.50 bits per heavy atom. The topological polar surface area (TPSA) is 64.6 Å². The standard InChI is InChI=1S/C15H31N3O2/c1-6-11(2)15(4,20)10-17-14(19)16-9-12(3)18(5)13-7-8-13/h11-13,20H,6-10H2,1-5H3,(H2,16,17,19). The first-order valence-electron chi connectivity index (χ1n) is 7.74. The van der Waals surface area contributed by atoms with Crippen LogP contribution in [-0.2, 0) is 0 Å². The van der Waals surface area contributed by atoms with Crippen molar-refractivity contribution in [1.82, 2.24) is 15.5 Å². The zero-order chi connectivity index (χ0) is 15.3. The summed E-state index contributed by atoms with van der Waals surface area (Å²) >= 11 is 0. The minimum absolute atomic E-state index is 0.155. The molecule has 0 spiro atoms. The summed E-state index contributed by atoms with van der Waals surface area (Å²) in [6.07, 6.45) is 3.43. The van der Waals surface area contributed by atoms with Crippen LogP contribution in [-0.4, -0.2) is 53.9 Å². The third-order valence-electron chi connectivity index (χ3n) is 4.66. The first-order valence-corrected chi connectivity index (χ1v) is 7.74. The average molecular weight is 285 g/mol. The second kappa shape index (κ2) is 7.27. The molecular formula is C15H31N3O2. The summed E-state index contributed by atoms with van der Waals surface area (Å²) in [5.41, 5.74) is -0.859. The number of likely N-dealkylation sites (N-methyl/N-ethyl adjacent to an activating group) is 1. The van der Waals surface area contributed by atoms with Gasteiger partial charge in [-0.05, 0) is 39.7 Å². The van der Waals surface area contributed by atoms with Crippen molar-refractivity contribution in [3.63, 3.8) is 0 Å². The van der Waals surface area contributed by atoms with Crippen LogP contribution < -0.4 is 10.6 Å². The number of amides is 2. The fourth-order valence-electron chi connectivity index (χ4n) is 2.16. The summed E-state index contributed by atoms with van der Waals surface area (Å²) in [7, 11) is 2.11. The molecule has 0 aromatic heterocycles. The molecular weight excluding hydrogens is 254 g/mol. The number of hydrogen-bond acceptors (Lipinski definition) is 3. The number of carbonyl (C=O) groups is 1. The number of hydrogen-bond donors (Lipinski definition) is 3. The smallest absolute Gasteiger partial charge is 0.314 e. The molecule has 1 fully saturated rings. The van der Waals surface area contributed by atoms with Crippen LogP contribution in [0.1, 0.15) is 47.0 Å². The van der Waals surface area contributed by atoms with E-state index in [9.17, 15) is 9.90 Å². The molecule has 1 aliphatic rings. The lowest BCUT2D eigenvalue weighted by atomic mass is 9.89. The monoisotopic (exact) mass is 285 g/mol. The van der Waals surface area contributed by atoms with E-state index in [1.54, 1.807) is 6.92 Å². The van der Waals surface area contributed by atoms with Crippen molar-refractivity contribution in [2.24, 2.45) is 5.92 Å². The van der Waals surface area contributed by atoms with E-state index >= 15 is 0 Å². The summed E-state index contributed by atoms with van der Waals surface area (Å²) < 4.78 is 0. The van der Waals surface area contributed by atoms with Crippen LogP contribution in [0.5, 0.6) is 0 Å². The summed E-state index contributed by atoms with van der Waals surface area (Å²) in [4.78, 5) is 14.1. The Morgan fingerprint density at radius 1 is 1.40 bits per heavy atom. The van der Waals surface area contributed by atoms with Crippen molar-refractivity contribution in [3.05, 3.63) is 0 Å². The van der Waals surface area contributed by atoms with E-state index in [4.69, 9.17) is 0 Å². The van der Waals surface area contributed by atoms with Gasteiger partial charge in [-0.2, -0.15) is 0 Å². The van der Waals surface area contributed by atoms with Crippen molar-refractivity contribution in [3.8, 4) is 0 Å². The molecule has 3 N–H and O–H groups in total. The van der Waals surface area contributed by atoms with Gasteiger partial charge in [0, 0.05) is 25.2 Å². The number of aliphatic hydroxyl groups is 1. The van der Waals surface area contributed by atoms with Gasteiger partial charge in [-0.1, -0.05) is 20.3 Å². The number of nitrogens with one attached hydrogen (secondary N) is 2. The molecule has 5 heteroatoms. The van der Waals surface area contributed by atoms with Gasteiger partial charge in [0.25, 0.3) is 0 Å². The maximum absolute atomic E-state index is 11.8. The maximum Gasteiger partial charge on any atom is 0.314 e. The first-order chi connectivity index (χ1) is 9.27. The van der Waals surface area contributed by atoms with Gasteiger partial charge in [0.05, 0.1) is 5.60 Å². The van der Waals surface area contributed by atoms with Gasteiger partial charge in [0.15, 0.2) is 0 Å². The summed E-state index contributed by atoms with van der Waals surface area (Å²) in [6.45, 7) is 8.82.